The van der Waals surface area contributed by atoms with Crippen molar-refractivity contribution in [3.8, 4) is 22.8 Å². The molecule has 0 bridgehead atoms. The van der Waals surface area contributed by atoms with E-state index in [1.807, 2.05) is 42.2 Å². The molecule has 4 rings (SSSR count). The lowest BCUT2D eigenvalue weighted by atomic mass is 10.1. The Morgan fingerprint density at radius 3 is 2.41 bits per heavy atom. The lowest BCUT2D eigenvalue weighted by Gasteiger charge is -2.25. The summed E-state index contributed by atoms with van der Waals surface area (Å²) in [6.45, 7) is 3.11. The number of rotatable bonds is 10. The maximum absolute atomic E-state index is 9.27. The van der Waals surface area contributed by atoms with E-state index in [9.17, 15) is 5.11 Å². The zero-order chi connectivity index (χ0) is 24.1. The topological polar surface area (TPSA) is 85.5 Å². The molecule has 0 spiro atoms. The molecule has 0 aliphatic rings. The van der Waals surface area contributed by atoms with Gasteiger partial charge in [0.05, 0.1) is 43.3 Å². The van der Waals surface area contributed by atoms with Gasteiger partial charge in [0.1, 0.15) is 11.5 Å². The summed E-state index contributed by atoms with van der Waals surface area (Å²) in [7, 11) is 5.22. The molecule has 8 nitrogen and oxygen atoms in total. The molecule has 2 aromatic carbocycles. The van der Waals surface area contributed by atoms with Gasteiger partial charge in [-0.3, -0.25) is 9.67 Å². The summed E-state index contributed by atoms with van der Waals surface area (Å²) in [5.41, 5.74) is 6.39. The SMILES string of the molecule is CCCN(c1cc(OC)cc(OC)c1)c1ccc2ncc(-c3cnn(C)c3CCCO)nc2c1. The van der Waals surface area contributed by atoms with E-state index >= 15 is 0 Å². The summed E-state index contributed by atoms with van der Waals surface area (Å²) >= 11 is 0. The lowest BCUT2D eigenvalue weighted by molar-refractivity contribution is 0.287. The average molecular weight is 462 g/mol. The van der Waals surface area contributed by atoms with Gasteiger partial charge in [0.2, 0.25) is 0 Å². The number of methoxy groups -OCH3 is 2. The second-order valence-electron chi connectivity index (χ2n) is 8.11. The van der Waals surface area contributed by atoms with E-state index in [1.54, 1.807) is 20.4 Å². The number of nitrogens with zero attached hydrogens (tertiary/aromatic N) is 5. The minimum Gasteiger partial charge on any atom is -0.497 e. The van der Waals surface area contributed by atoms with Gasteiger partial charge in [0.25, 0.3) is 0 Å². The molecule has 0 saturated heterocycles. The van der Waals surface area contributed by atoms with Gasteiger partial charge in [-0.15, -0.1) is 0 Å². The fraction of sp³-hybridized carbons (Fsp3) is 0.346. The van der Waals surface area contributed by atoms with Gasteiger partial charge in [-0.2, -0.15) is 5.10 Å². The van der Waals surface area contributed by atoms with Crippen molar-refractivity contribution in [2.45, 2.75) is 26.2 Å². The third-order valence-electron chi connectivity index (χ3n) is 5.84. The Balaban J connectivity index is 1.76. The maximum Gasteiger partial charge on any atom is 0.124 e. The monoisotopic (exact) mass is 461 g/mol. The van der Waals surface area contributed by atoms with Crippen LogP contribution in [0.15, 0.2) is 48.8 Å². The molecule has 2 heterocycles. The van der Waals surface area contributed by atoms with Crippen LogP contribution < -0.4 is 14.4 Å². The zero-order valence-corrected chi connectivity index (χ0v) is 20.2. The standard InChI is InChI=1S/C26H31N5O3/c1-5-10-31(19-12-20(33-3)15-21(13-19)34-4)18-8-9-23-24(14-18)29-25(17-27-23)22-16-28-30(2)26(22)7-6-11-32/h8-9,12-17,32H,5-7,10-11H2,1-4H3. The van der Waals surface area contributed by atoms with Gasteiger partial charge >= 0.3 is 0 Å². The molecule has 34 heavy (non-hydrogen) atoms. The second-order valence-corrected chi connectivity index (χ2v) is 8.11. The molecule has 2 aromatic heterocycles. The van der Waals surface area contributed by atoms with Crippen molar-refractivity contribution in [3.63, 3.8) is 0 Å². The summed E-state index contributed by atoms with van der Waals surface area (Å²) in [6, 6.07) is 12.0. The predicted octanol–water partition coefficient (Wildman–Crippen LogP) is 4.52. The summed E-state index contributed by atoms with van der Waals surface area (Å²) in [5.74, 6) is 1.48. The quantitative estimate of drug-likeness (QED) is 0.372. The Kier molecular flexibility index (Phi) is 7.27. The third kappa shape index (κ3) is 4.82. The number of hydrogen-bond acceptors (Lipinski definition) is 7. The first kappa shape index (κ1) is 23.5. The Morgan fingerprint density at radius 1 is 0.971 bits per heavy atom. The van der Waals surface area contributed by atoms with Crippen molar-refractivity contribution >= 4 is 22.4 Å². The molecule has 0 unspecified atom stereocenters. The van der Waals surface area contributed by atoms with Crippen LogP contribution in [-0.4, -0.2) is 52.2 Å². The van der Waals surface area contributed by atoms with Crippen LogP contribution >= 0.6 is 0 Å². The number of anilines is 2. The molecule has 0 aliphatic carbocycles. The van der Waals surface area contributed by atoms with Crippen molar-refractivity contribution in [1.82, 2.24) is 19.7 Å². The Morgan fingerprint density at radius 2 is 1.74 bits per heavy atom. The van der Waals surface area contributed by atoms with Crippen LogP contribution in [0.1, 0.15) is 25.5 Å². The number of aliphatic hydroxyl groups is 1. The van der Waals surface area contributed by atoms with Crippen LogP contribution in [0.5, 0.6) is 11.5 Å². The largest absolute Gasteiger partial charge is 0.497 e. The summed E-state index contributed by atoms with van der Waals surface area (Å²) in [6.07, 6.45) is 5.97. The molecule has 4 aromatic rings. The van der Waals surface area contributed by atoms with Crippen LogP contribution in [0.2, 0.25) is 0 Å². The van der Waals surface area contributed by atoms with Gasteiger partial charge in [-0.25, -0.2) is 4.98 Å². The van der Waals surface area contributed by atoms with Crippen molar-refractivity contribution in [2.24, 2.45) is 7.05 Å². The molecular formula is C26H31N5O3. The van der Waals surface area contributed by atoms with Crippen LogP contribution in [0.3, 0.4) is 0 Å². The molecule has 0 aliphatic heterocycles. The number of benzene rings is 2. The highest BCUT2D eigenvalue weighted by Crippen LogP contribution is 2.34. The summed E-state index contributed by atoms with van der Waals surface area (Å²) < 4.78 is 12.8. The second kappa shape index (κ2) is 10.5. The Bertz CT molecular complexity index is 1250. The first-order chi connectivity index (χ1) is 16.6. The van der Waals surface area contributed by atoms with E-state index in [-0.39, 0.29) is 6.61 Å². The van der Waals surface area contributed by atoms with E-state index in [0.717, 1.165) is 70.2 Å². The van der Waals surface area contributed by atoms with Crippen LogP contribution in [0.25, 0.3) is 22.3 Å². The van der Waals surface area contributed by atoms with Crippen LogP contribution in [0, 0.1) is 0 Å². The predicted molar refractivity (Wildman–Crippen MR) is 134 cm³/mol. The molecule has 0 fully saturated rings. The van der Waals surface area contributed by atoms with Gasteiger partial charge in [0.15, 0.2) is 0 Å². The van der Waals surface area contributed by atoms with E-state index in [0.29, 0.717) is 6.42 Å². The summed E-state index contributed by atoms with van der Waals surface area (Å²) in [5, 5.41) is 13.7. The average Bonchev–Trinajstić information content (AvgIpc) is 3.24. The smallest absolute Gasteiger partial charge is 0.124 e. The number of fused-ring (bicyclic) bond motifs is 1. The lowest BCUT2D eigenvalue weighted by Crippen LogP contribution is -2.18. The number of ether oxygens (including phenoxy) is 2. The highest BCUT2D eigenvalue weighted by atomic mass is 16.5. The molecule has 1 N–H and O–H groups in total. The number of hydrogen-bond donors (Lipinski definition) is 1. The Hall–Kier alpha value is -3.65. The zero-order valence-electron chi connectivity index (χ0n) is 20.2. The molecule has 8 heteroatoms. The van der Waals surface area contributed by atoms with E-state index in [2.05, 4.69) is 34.0 Å². The van der Waals surface area contributed by atoms with Crippen LogP contribution in [-0.2, 0) is 13.5 Å². The van der Waals surface area contributed by atoms with Gasteiger partial charge in [-0.05, 0) is 37.5 Å². The summed E-state index contributed by atoms with van der Waals surface area (Å²) in [4.78, 5) is 11.8. The first-order valence-electron chi connectivity index (χ1n) is 11.5. The third-order valence-corrected chi connectivity index (χ3v) is 5.84. The number of aliphatic hydroxyl groups excluding tert-OH is 1. The molecule has 0 radical (unpaired) electrons. The van der Waals surface area contributed by atoms with E-state index in [4.69, 9.17) is 14.5 Å². The van der Waals surface area contributed by atoms with Gasteiger partial charge in [0, 0.05) is 61.0 Å². The molecule has 0 saturated carbocycles. The normalized spacial score (nSPS) is 11.1. The fourth-order valence-corrected chi connectivity index (χ4v) is 4.10. The van der Waals surface area contributed by atoms with Crippen LogP contribution in [0.4, 0.5) is 11.4 Å². The maximum atomic E-state index is 9.27. The van der Waals surface area contributed by atoms with Crippen molar-refractivity contribution < 1.29 is 14.6 Å². The number of aryl methyl sites for hydroxylation is 1. The van der Waals surface area contributed by atoms with Crippen molar-refractivity contribution in [2.75, 3.05) is 32.3 Å². The Labute approximate surface area is 199 Å². The molecule has 178 valence electrons. The minimum absolute atomic E-state index is 0.139. The van der Waals surface area contributed by atoms with Gasteiger partial charge < -0.3 is 19.5 Å². The highest BCUT2D eigenvalue weighted by Gasteiger charge is 2.15. The molecule has 0 amide bonds. The van der Waals surface area contributed by atoms with E-state index in [1.165, 1.54) is 0 Å². The number of aromatic nitrogens is 4. The first-order valence-corrected chi connectivity index (χ1v) is 11.5. The highest BCUT2D eigenvalue weighted by molar-refractivity contribution is 5.83. The van der Waals surface area contributed by atoms with Gasteiger partial charge in [-0.1, -0.05) is 6.92 Å². The van der Waals surface area contributed by atoms with Crippen molar-refractivity contribution in [3.05, 3.63) is 54.5 Å². The van der Waals surface area contributed by atoms with Crippen molar-refractivity contribution in [1.29, 1.82) is 0 Å². The van der Waals surface area contributed by atoms with E-state index < -0.39 is 0 Å². The minimum atomic E-state index is 0.139. The fourth-order valence-electron chi connectivity index (χ4n) is 4.10. The molecule has 0 atom stereocenters. The molecular weight excluding hydrogens is 430 g/mol.